The lowest BCUT2D eigenvalue weighted by molar-refractivity contribution is -0.121. The van der Waals surface area contributed by atoms with Crippen molar-refractivity contribution in [2.45, 2.75) is 23.5 Å². The van der Waals surface area contributed by atoms with Crippen molar-refractivity contribution in [1.82, 2.24) is 10.2 Å². The summed E-state index contributed by atoms with van der Waals surface area (Å²) in [5, 5.41) is 11.5. The van der Waals surface area contributed by atoms with Crippen molar-refractivity contribution in [3.63, 3.8) is 0 Å². The molecule has 1 unspecified atom stereocenters. The predicted octanol–water partition coefficient (Wildman–Crippen LogP) is 3.65. The monoisotopic (exact) mass is 400 g/mol. The quantitative estimate of drug-likeness (QED) is 0.719. The molecule has 1 aromatic carbocycles. The summed E-state index contributed by atoms with van der Waals surface area (Å²) < 4.78 is 5.50. The zero-order valence-corrected chi connectivity index (χ0v) is 16.0. The van der Waals surface area contributed by atoms with E-state index in [1.807, 2.05) is 43.3 Å². The van der Waals surface area contributed by atoms with Gasteiger partial charge in [-0.3, -0.25) is 14.9 Å². The number of thioether (sulfide) groups is 1. The second kappa shape index (κ2) is 7.53. The summed E-state index contributed by atoms with van der Waals surface area (Å²) >= 11 is 2.86. The van der Waals surface area contributed by atoms with Gasteiger partial charge in [-0.25, -0.2) is 0 Å². The first-order valence-electron chi connectivity index (χ1n) is 8.29. The molecule has 2 aromatic heterocycles. The number of fused-ring (bicyclic) bond motifs is 1. The van der Waals surface area contributed by atoms with Gasteiger partial charge in [-0.2, -0.15) is 0 Å². The van der Waals surface area contributed by atoms with E-state index in [4.69, 9.17) is 4.42 Å². The van der Waals surface area contributed by atoms with Crippen LogP contribution in [0.5, 0.6) is 0 Å². The molecule has 0 radical (unpaired) electrons. The fraction of sp³-hybridized carbons (Fsp3) is 0.222. The zero-order chi connectivity index (χ0) is 18.8. The van der Waals surface area contributed by atoms with Crippen molar-refractivity contribution in [3.05, 3.63) is 53.4 Å². The molecule has 0 spiro atoms. The molecule has 0 aliphatic carbocycles. The number of amides is 2. The molecule has 0 bridgehead atoms. The Bertz CT molecular complexity index is 971. The number of carbonyl (C=O) groups excluding carboxylic acids is 2. The minimum Gasteiger partial charge on any atom is -0.468 e. The standard InChI is InChI=1S/C18H16N4O3S2/c1-11-20-21-18(26-11)19-16(23)10-22-12-5-2-3-7-14(12)27-15(9-17(22)24)13-6-4-8-25-13/h2-8,15H,9-10H2,1H3,(H,19,21,23). The van der Waals surface area contributed by atoms with Gasteiger partial charge in [0, 0.05) is 11.3 Å². The molecule has 0 saturated heterocycles. The molecule has 3 aromatic rings. The number of rotatable bonds is 4. The van der Waals surface area contributed by atoms with Gasteiger partial charge in [-0.05, 0) is 31.2 Å². The maximum atomic E-state index is 12.9. The molecular formula is C18H16N4O3S2. The summed E-state index contributed by atoms with van der Waals surface area (Å²) in [5.41, 5.74) is 0.727. The van der Waals surface area contributed by atoms with E-state index in [2.05, 4.69) is 15.5 Å². The Morgan fingerprint density at radius 2 is 2.15 bits per heavy atom. The number of hydrogen-bond donors (Lipinski definition) is 1. The highest BCUT2D eigenvalue weighted by molar-refractivity contribution is 7.99. The molecule has 1 atom stereocenters. The molecule has 1 aliphatic rings. The highest BCUT2D eigenvalue weighted by Gasteiger charge is 2.31. The van der Waals surface area contributed by atoms with Crippen LogP contribution in [0.25, 0.3) is 0 Å². The molecular weight excluding hydrogens is 384 g/mol. The first kappa shape index (κ1) is 17.7. The van der Waals surface area contributed by atoms with Crippen LogP contribution in [0.4, 0.5) is 10.8 Å². The van der Waals surface area contributed by atoms with E-state index in [0.29, 0.717) is 5.13 Å². The van der Waals surface area contributed by atoms with Crippen molar-refractivity contribution in [2.24, 2.45) is 0 Å². The highest BCUT2D eigenvalue weighted by atomic mass is 32.2. The van der Waals surface area contributed by atoms with Gasteiger partial charge in [0.2, 0.25) is 16.9 Å². The van der Waals surface area contributed by atoms with Gasteiger partial charge < -0.3 is 9.32 Å². The lowest BCUT2D eigenvalue weighted by atomic mass is 10.2. The minimum absolute atomic E-state index is 0.0834. The minimum atomic E-state index is -0.309. The number of aryl methyl sites for hydroxylation is 1. The van der Waals surface area contributed by atoms with E-state index in [0.717, 1.165) is 21.4 Å². The maximum absolute atomic E-state index is 12.9. The number of nitrogens with zero attached hydrogens (tertiary/aromatic N) is 3. The molecule has 1 N–H and O–H groups in total. The smallest absolute Gasteiger partial charge is 0.246 e. The van der Waals surface area contributed by atoms with Crippen molar-refractivity contribution >= 4 is 45.7 Å². The largest absolute Gasteiger partial charge is 0.468 e. The third-order valence-corrected chi connectivity index (χ3v) is 6.06. The zero-order valence-electron chi connectivity index (χ0n) is 14.4. The molecule has 2 amide bonds. The van der Waals surface area contributed by atoms with E-state index in [1.165, 1.54) is 16.2 Å². The molecule has 1 aliphatic heterocycles. The van der Waals surface area contributed by atoms with Crippen LogP contribution in [0.2, 0.25) is 0 Å². The topological polar surface area (TPSA) is 88.3 Å². The number of hydrogen-bond acceptors (Lipinski definition) is 7. The number of benzene rings is 1. The summed E-state index contributed by atoms with van der Waals surface area (Å²) in [7, 11) is 0. The summed E-state index contributed by atoms with van der Waals surface area (Å²) in [6.07, 6.45) is 1.85. The molecule has 138 valence electrons. The highest BCUT2D eigenvalue weighted by Crippen LogP contribution is 2.45. The molecule has 3 heterocycles. The third-order valence-electron chi connectivity index (χ3n) is 4.02. The van der Waals surface area contributed by atoms with Crippen molar-refractivity contribution in [3.8, 4) is 0 Å². The summed E-state index contributed by atoms with van der Waals surface area (Å²) in [4.78, 5) is 27.9. The Hall–Kier alpha value is -2.65. The van der Waals surface area contributed by atoms with E-state index >= 15 is 0 Å². The van der Waals surface area contributed by atoms with Crippen LogP contribution in [0, 0.1) is 6.92 Å². The van der Waals surface area contributed by atoms with E-state index in [1.54, 1.807) is 18.0 Å². The lowest BCUT2D eigenvalue weighted by Gasteiger charge is -2.21. The molecule has 0 saturated carbocycles. The van der Waals surface area contributed by atoms with Gasteiger partial charge in [0.25, 0.3) is 0 Å². The number of carbonyl (C=O) groups is 2. The first-order valence-corrected chi connectivity index (χ1v) is 9.99. The van der Waals surface area contributed by atoms with Crippen molar-refractivity contribution < 1.29 is 14.0 Å². The van der Waals surface area contributed by atoms with Gasteiger partial charge in [0.1, 0.15) is 17.3 Å². The molecule has 0 fully saturated rings. The Morgan fingerprint density at radius 3 is 2.89 bits per heavy atom. The van der Waals surface area contributed by atoms with Gasteiger partial charge in [-0.1, -0.05) is 23.5 Å². The second-order valence-electron chi connectivity index (χ2n) is 5.95. The maximum Gasteiger partial charge on any atom is 0.246 e. The van der Waals surface area contributed by atoms with Crippen molar-refractivity contribution in [2.75, 3.05) is 16.8 Å². The number of anilines is 2. The average Bonchev–Trinajstić information content (AvgIpc) is 3.29. The van der Waals surface area contributed by atoms with Gasteiger partial charge >= 0.3 is 0 Å². The molecule has 27 heavy (non-hydrogen) atoms. The van der Waals surface area contributed by atoms with Gasteiger partial charge in [-0.15, -0.1) is 22.0 Å². The summed E-state index contributed by atoms with van der Waals surface area (Å²) in [6, 6.07) is 11.3. The van der Waals surface area contributed by atoms with Gasteiger partial charge in [0.15, 0.2) is 0 Å². The van der Waals surface area contributed by atoms with Crippen LogP contribution in [0.15, 0.2) is 52.0 Å². The van der Waals surface area contributed by atoms with E-state index in [-0.39, 0.29) is 30.0 Å². The third kappa shape index (κ3) is 3.88. The first-order chi connectivity index (χ1) is 13.1. The fourth-order valence-electron chi connectivity index (χ4n) is 2.83. The van der Waals surface area contributed by atoms with Crippen LogP contribution < -0.4 is 10.2 Å². The van der Waals surface area contributed by atoms with Crippen LogP contribution >= 0.6 is 23.1 Å². The van der Waals surface area contributed by atoms with E-state index < -0.39 is 0 Å². The lowest BCUT2D eigenvalue weighted by Crippen LogP contribution is -2.38. The number of furan rings is 1. The summed E-state index contributed by atoms with van der Waals surface area (Å²) in [5.74, 6) is 0.312. The Labute approximate surface area is 163 Å². The number of nitrogens with one attached hydrogen (secondary N) is 1. The Balaban J connectivity index is 1.58. The normalized spacial score (nSPS) is 16.7. The molecule has 7 nitrogen and oxygen atoms in total. The van der Waals surface area contributed by atoms with Crippen molar-refractivity contribution in [1.29, 1.82) is 0 Å². The van der Waals surface area contributed by atoms with Crippen LogP contribution in [-0.2, 0) is 9.59 Å². The number of aromatic nitrogens is 2. The molecule has 4 rings (SSSR count). The molecule has 9 heteroatoms. The van der Waals surface area contributed by atoms with Gasteiger partial charge in [0.05, 0.1) is 17.2 Å². The number of para-hydroxylation sites is 1. The second-order valence-corrected chi connectivity index (χ2v) is 8.37. The fourth-order valence-corrected chi connectivity index (χ4v) is 4.68. The van der Waals surface area contributed by atoms with Crippen LogP contribution in [-0.4, -0.2) is 28.6 Å². The predicted molar refractivity (Wildman–Crippen MR) is 104 cm³/mol. The van der Waals surface area contributed by atoms with Crippen LogP contribution in [0.3, 0.4) is 0 Å². The Kier molecular flexibility index (Phi) is 4.95. The van der Waals surface area contributed by atoms with Crippen LogP contribution in [0.1, 0.15) is 22.4 Å². The SMILES string of the molecule is Cc1nnc(NC(=O)CN2C(=O)CC(c3ccco3)Sc3ccccc32)s1. The van der Waals surface area contributed by atoms with E-state index in [9.17, 15) is 9.59 Å². The average molecular weight is 400 g/mol. The summed E-state index contributed by atoms with van der Waals surface area (Å²) in [6.45, 7) is 1.73. The Morgan fingerprint density at radius 1 is 1.30 bits per heavy atom.